The molecule has 0 amide bonds. The van der Waals surface area contributed by atoms with Crippen molar-refractivity contribution >= 4 is 44.9 Å². The summed E-state index contributed by atoms with van der Waals surface area (Å²) in [4.78, 5) is 0. The first kappa shape index (κ1) is 20.4. The quantitative estimate of drug-likeness (QED) is 0.236. The highest BCUT2D eigenvalue weighted by atomic mass is 15.0. The van der Waals surface area contributed by atoms with Crippen molar-refractivity contribution in [2.75, 3.05) is 0 Å². The van der Waals surface area contributed by atoms with E-state index in [0.29, 0.717) is 12.6 Å². The first-order valence-corrected chi connectivity index (χ1v) is 13.1. The number of aromatic nitrogens is 1. The summed E-state index contributed by atoms with van der Waals surface area (Å²) < 4.78 is 2.53. The number of benzene rings is 4. The van der Waals surface area contributed by atoms with Gasteiger partial charge in [-0.3, -0.25) is 0 Å². The van der Waals surface area contributed by atoms with Gasteiger partial charge in [-0.1, -0.05) is 117 Å². The number of hydrogen-bond acceptors (Lipinski definition) is 0. The number of allylic oxidation sites excluding steroid dienone is 4. The van der Waals surface area contributed by atoms with Crippen LogP contribution < -0.4 is 10.9 Å². The lowest BCUT2D eigenvalue weighted by molar-refractivity contribution is 0.328. The van der Waals surface area contributed by atoms with E-state index in [2.05, 4.69) is 135 Å². The van der Waals surface area contributed by atoms with Gasteiger partial charge in [0.05, 0.1) is 5.52 Å². The van der Waals surface area contributed by atoms with E-state index in [-0.39, 0.29) is 10.7 Å². The lowest BCUT2D eigenvalue weighted by atomic mass is 9.21. The van der Waals surface area contributed by atoms with E-state index in [1.165, 1.54) is 55.1 Å². The van der Waals surface area contributed by atoms with Crippen molar-refractivity contribution in [3.8, 4) is 5.69 Å². The van der Waals surface area contributed by atoms with Crippen LogP contribution in [0.1, 0.15) is 32.0 Å². The number of nitrogens with zero attached hydrogens (tertiary/aromatic N) is 1. The molecule has 2 atom stereocenters. The van der Waals surface area contributed by atoms with Crippen molar-refractivity contribution in [3.05, 3.63) is 120 Å². The second-order valence-electron chi connectivity index (χ2n) is 11.6. The van der Waals surface area contributed by atoms with Crippen molar-refractivity contribution < 1.29 is 0 Å². The van der Waals surface area contributed by atoms with Gasteiger partial charge in [0.2, 0.25) is 6.71 Å². The first-order valence-electron chi connectivity index (χ1n) is 13.1. The van der Waals surface area contributed by atoms with Crippen molar-refractivity contribution in [1.29, 1.82) is 0 Å². The molecular weight excluding hydrogens is 433 g/mol. The highest BCUT2D eigenvalue weighted by Crippen LogP contribution is 2.64. The third-order valence-electron chi connectivity index (χ3n) is 9.57. The van der Waals surface area contributed by atoms with Crippen LogP contribution in [-0.2, 0) is 5.41 Å². The summed E-state index contributed by atoms with van der Waals surface area (Å²) >= 11 is 0. The number of hydrogen-bond donors (Lipinski definition) is 0. The molecule has 8 rings (SSSR count). The minimum atomic E-state index is -0.00106. The number of rotatable bonds is 1. The Bertz CT molecular complexity index is 1780. The molecule has 0 saturated heterocycles. The van der Waals surface area contributed by atoms with Gasteiger partial charge in [-0.25, -0.2) is 0 Å². The molecule has 1 aliphatic carbocycles. The molecular formula is C34H28BN. The zero-order valence-electron chi connectivity index (χ0n) is 21.0. The summed E-state index contributed by atoms with van der Waals surface area (Å²) in [6.45, 7) is 7.79. The number of para-hydroxylation sites is 2. The molecule has 2 heteroatoms. The highest BCUT2D eigenvalue weighted by Gasteiger charge is 2.63. The predicted octanol–water partition coefficient (Wildman–Crippen LogP) is 7.03. The lowest BCUT2D eigenvalue weighted by Gasteiger charge is -2.53. The van der Waals surface area contributed by atoms with E-state index < -0.39 is 0 Å². The van der Waals surface area contributed by atoms with Crippen LogP contribution in [-0.4, -0.2) is 11.3 Å². The van der Waals surface area contributed by atoms with Crippen molar-refractivity contribution in [2.24, 2.45) is 5.92 Å². The van der Waals surface area contributed by atoms with Crippen LogP contribution in [0.2, 0.25) is 5.31 Å². The van der Waals surface area contributed by atoms with Gasteiger partial charge >= 0.3 is 0 Å². The lowest BCUT2D eigenvalue weighted by Crippen LogP contribution is -2.60. The molecule has 172 valence electrons. The molecule has 3 heterocycles. The largest absolute Gasteiger partial charge is 0.310 e. The molecule has 0 spiro atoms. The van der Waals surface area contributed by atoms with Gasteiger partial charge in [0.15, 0.2) is 0 Å². The number of fused-ring (bicyclic) bond motifs is 8. The molecule has 0 saturated carbocycles. The fourth-order valence-electron chi connectivity index (χ4n) is 8.14. The molecule has 1 nitrogen and oxygen atoms in total. The maximum Gasteiger partial charge on any atom is 0.224 e. The molecule has 3 aliphatic rings. The maximum absolute atomic E-state index is 2.54. The zero-order chi connectivity index (χ0) is 24.2. The minimum absolute atomic E-state index is 0.00106. The van der Waals surface area contributed by atoms with Gasteiger partial charge in [-0.2, -0.15) is 0 Å². The molecule has 0 radical (unpaired) electrons. The Kier molecular flexibility index (Phi) is 3.80. The fraction of sp³-hybridized carbons (Fsp3) is 0.176. The summed E-state index contributed by atoms with van der Waals surface area (Å²) in [5.41, 5.74) is 9.97. The highest BCUT2D eigenvalue weighted by molar-refractivity contribution is 6.94. The molecule has 0 bridgehead atoms. The smallest absolute Gasteiger partial charge is 0.224 e. The monoisotopic (exact) mass is 461 g/mol. The Hall–Kier alpha value is -3.78. The molecule has 36 heavy (non-hydrogen) atoms. The molecule has 1 aromatic heterocycles. The third kappa shape index (κ3) is 2.29. The van der Waals surface area contributed by atoms with E-state index >= 15 is 0 Å². The van der Waals surface area contributed by atoms with Crippen LogP contribution in [0.15, 0.2) is 109 Å². The maximum atomic E-state index is 2.54. The van der Waals surface area contributed by atoms with E-state index in [0.717, 1.165) is 0 Å². The van der Waals surface area contributed by atoms with Gasteiger partial charge in [0.25, 0.3) is 0 Å². The van der Waals surface area contributed by atoms with Crippen LogP contribution in [0.25, 0.3) is 32.9 Å². The molecule has 4 aromatic carbocycles. The summed E-state index contributed by atoms with van der Waals surface area (Å²) in [5.74, 6) is 0.416. The van der Waals surface area contributed by atoms with Gasteiger partial charge in [-0.05, 0) is 67.6 Å². The van der Waals surface area contributed by atoms with E-state index in [4.69, 9.17) is 0 Å². The summed E-state index contributed by atoms with van der Waals surface area (Å²) in [7, 11) is 0. The summed E-state index contributed by atoms with van der Waals surface area (Å²) in [5, 5.41) is 4.06. The molecule has 2 unspecified atom stereocenters. The summed E-state index contributed by atoms with van der Waals surface area (Å²) in [6.07, 6.45) is 7.24. The third-order valence-corrected chi connectivity index (χ3v) is 9.57. The Balaban J connectivity index is 1.56. The molecule has 0 fully saturated rings. The first-order chi connectivity index (χ1) is 17.5. The van der Waals surface area contributed by atoms with Crippen molar-refractivity contribution in [1.82, 2.24) is 4.57 Å². The van der Waals surface area contributed by atoms with E-state index in [1.54, 1.807) is 0 Å². The average molecular weight is 461 g/mol. The van der Waals surface area contributed by atoms with Gasteiger partial charge in [0.1, 0.15) is 0 Å². The van der Waals surface area contributed by atoms with Crippen molar-refractivity contribution in [2.45, 2.75) is 31.5 Å². The van der Waals surface area contributed by atoms with Crippen LogP contribution in [0.3, 0.4) is 0 Å². The predicted molar refractivity (Wildman–Crippen MR) is 154 cm³/mol. The van der Waals surface area contributed by atoms with E-state index in [1.807, 2.05) is 0 Å². The standard InChI is InChI=1S/C34H28BN/c1-33(2)27-20-22-12-7-8-13-23(22)21-28(27)35-31-25-16-9-10-18-29(25)36(24-14-5-4-6-15-24)32(31)26-17-11-19-30(33)34(26,35)3/h4-21,30H,1-3H3. The molecule has 2 aliphatic heterocycles. The Morgan fingerprint density at radius 3 is 2.28 bits per heavy atom. The average Bonchev–Trinajstić information content (AvgIpc) is 3.36. The topological polar surface area (TPSA) is 4.93 Å². The second kappa shape index (κ2) is 6.71. The van der Waals surface area contributed by atoms with Crippen LogP contribution >= 0.6 is 0 Å². The van der Waals surface area contributed by atoms with Crippen molar-refractivity contribution in [3.63, 3.8) is 0 Å². The fourth-order valence-corrected chi connectivity index (χ4v) is 8.14. The van der Waals surface area contributed by atoms with Crippen LogP contribution in [0, 0.1) is 5.92 Å². The Labute approximate surface area is 212 Å². The Morgan fingerprint density at radius 1 is 0.778 bits per heavy atom. The zero-order valence-corrected chi connectivity index (χ0v) is 21.0. The minimum Gasteiger partial charge on any atom is -0.310 e. The van der Waals surface area contributed by atoms with Crippen LogP contribution in [0.5, 0.6) is 0 Å². The Morgan fingerprint density at radius 2 is 1.47 bits per heavy atom. The van der Waals surface area contributed by atoms with Gasteiger partial charge < -0.3 is 4.57 Å². The second-order valence-corrected chi connectivity index (χ2v) is 11.6. The molecule has 5 aromatic rings. The van der Waals surface area contributed by atoms with Crippen LogP contribution in [0.4, 0.5) is 0 Å². The molecule has 0 N–H and O–H groups in total. The van der Waals surface area contributed by atoms with Gasteiger partial charge in [0, 0.05) is 11.4 Å². The van der Waals surface area contributed by atoms with E-state index in [9.17, 15) is 0 Å². The SMILES string of the molecule is CC12B3c4cc5ccccc5cc4C(C)(C)C1C=CC=C2c1c3c2ccccc2n1-c1ccccc1. The summed E-state index contributed by atoms with van der Waals surface area (Å²) in [6, 6.07) is 33.8. The normalized spacial score (nSPS) is 22.9. The van der Waals surface area contributed by atoms with Gasteiger partial charge in [-0.15, -0.1) is 0 Å².